The number of carbonyl (C=O) groups excluding carboxylic acids is 1. The number of carbonyl (C=O) groups is 1. The topological polar surface area (TPSA) is 50.8 Å². The number of hydrogen-bond donors (Lipinski definition) is 1. The lowest BCUT2D eigenvalue weighted by molar-refractivity contribution is -0.116. The second-order valence-electron chi connectivity index (χ2n) is 5.68. The molecule has 0 spiro atoms. The molecule has 0 saturated carbocycles. The summed E-state index contributed by atoms with van der Waals surface area (Å²) in [6.45, 7) is 0.232. The van der Waals surface area contributed by atoms with E-state index in [2.05, 4.69) is 34.5 Å². The van der Waals surface area contributed by atoms with E-state index in [1.807, 2.05) is 20.2 Å². The number of benzene rings is 2. The fourth-order valence-electron chi connectivity index (χ4n) is 2.42. The molecule has 1 aliphatic heterocycles. The van der Waals surface area contributed by atoms with Crippen LogP contribution in [0.5, 0.6) is 11.5 Å². The summed E-state index contributed by atoms with van der Waals surface area (Å²) in [7, 11) is 4.02. The average Bonchev–Trinajstić information content (AvgIpc) is 3.01. The van der Waals surface area contributed by atoms with Gasteiger partial charge in [-0.1, -0.05) is 12.1 Å². The van der Waals surface area contributed by atoms with Crippen LogP contribution in [0.15, 0.2) is 42.5 Å². The van der Waals surface area contributed by atoms with Gasteiger partial charge in [-0.25, -0.2) is 0 Å². The number of nitrogens with one attached hydrogen (secondary N) is 1. The number of amides is 1. The Kier molecular flexibility index (Phi) is 4.37. The zero-order chi connectivity index (χ0) is 16.2. The highest BCUT2D eigenvalue weighted by Crippen LogP contribution is 2.34. The maximum Gasteiger partial charge on any atom is 0.231 e. The van der Waals surface area contributed by atoms with Gasteiger partial charge in [0.15, 0.2) is 11.5 Å². The molecule has 5 nitrogen and oxygen atoms in total. The first-order valence-electron chi connectivity index (χ1n) is 7.57. The van der Waals surface area contributed by atoms with Crippen LogP contribution in [0.25, 0.3) is 0 Å². The molecule has 0 aromatic heterocycles. The van der Waals surface area contributed by atoms with Crippen molar-refractivity contribution >= 4 is 17.3 Å². The van der Waals surface area contributed by atoms with E-state index in [0.717, 1.165) is 16.9 Å². The molecule has 1 aliphatic rings. The van der Waals surface area contributed by atoms with Crippen LogP contribution in [-0.4, -0.2) is 26.8 Å². The van der Waals surface area contributed by atoms with E-state index in [0.29, 0.717) is 24.3 Å². The van der Waals surface area contributed by atoms with Gasteiger partial charge in [-0.2, -0.15) is 0 Å². The number of fused-ring (bicyclic) bond motifs is 1. The smallest absolute Gasteiger partial charge is 0.231 e. The van der Waals surface area contributed by atoms with Gasteiger partial charge in [0.1, 0.15) is 0 Å². The summed E-state index contributed by atoms with van der Waals surface area (Å²) in [6, 6.07) is 13.6. The van der Waals surface area contributed by atoms with Crippen LogP contribution in [0.2, 0.25) is 0 Å². The molecule has 1 N–H and O–H groups in total. The molecule has 0 bridgehead atoms. The predicted octanol–water partition coefficient (Wildman–Crippen LogP) is 3.05. The Morgan fingerprint density at radius 3 is 2.57 bits per heavy atom. The molecule has 1 amide bonds. The largest absolute Gasteiger partial charge is 0.454 e. The molecule has 2 aromatic rings. The zero-order valence-corrected chi connectivity index (χ0v) is 13.3. The SMILES string of the molecule is CN(C)c1ccc(CCC(=O)Nc2ccc3c(c2)OCO3)cc1. The van der Waals surface area contributed by atoms with Crippen LogP contribution in [0.1, 0.15) is 12.0 Å². The van der Waals surface area contributed by atoms with Gasteiger partial charge in [0.05, 0.1) is 0 Å². The molecule has 3 rings (SSSR count). The third-order valence-electron chi connectivity index (χ3n) is 3.75. The average molecular weight is 312 g/mol. The second-order valence-corrected chi connectivity index (χ2v) is 5.68. The zero-order valence-electron chi connectivity index (χ0n) is 13.3. The van der Waals surface area contributed by atoms with Crippen molar-refractivity contribution in [3.05, 3.63) is 48.0 Å². The minimum Gasteiger partial charge on any atom is -0.454 e. The van der Waals surface area contributed by atoms with Gasteiger partial charge >= 0.3 is 0 Å². The number of rotatable bonds is 5. The number of ether oxygens (including phenoxy) is 2. The maximum absolute atomic E-state index is 12.1. The van der Waals surface area contributed by atoms with Crippen molar-refractivity contribution in [2.24, 2.45) is 0 Å². The summed E-state index contributed by atoms with van der Waals surface area (Å²) >= 11 is 0. The van der Waals surface area contributed by atoms with Crippen molar-refractivity contribution in [3.63, 3.8) is 0 Å². The summed E-state index contributed by atoms with van der Waals surface area (Å²) in [4.78, 5) is 14.1. The van der Waals surface area contributed by atoms with E-state index in [-0.39, 0.29) is 12.7 Å². The molecule has 120 valence electrons. The highest BCUT2D eigenvalue weighted by atomic mass is 16.7. The molecule has 0 radical (unpaired) electrons. The van der Waals surface area contributed by atoms with Crippen LogP contribution >= 0.6 is 0 Å². The molecule has 0 saturated heterocycles. The second kappa shape index (κ2) is 6.60. The van der Waals surface area contributed by atoms with E-state index >= 15 is 0 Å². The molecular weight excluding hydrogens is 292 g/mol. The first-order chi connectivity index (χ1) is 11.1. The molecule has 1 heterocycles. The summed E-state index contributed by atoms with van der Waals surface area (Å²) in [5.41, 5.74) is 3.03. The van der Waals surface area contributed by atoms with Gasteiger partial charge in [-0.05, 0) is 36.2 Å². The molecular formula is C18H20N2O3. The van der Waals surface area contributed by atoms with Crippen LogP contribution in [0.3, 0.4) is 0 Å². The highest BCUT2D eigenvalue weighted by Gasteiger charge is 2.14. The van der Waals surface area contributed by atoms with E-state index in [1.54, 1.807) is 12.1 Å². The summed E-state index contributed by atoms with van der Waals surface area (Å²) in [6.07, 6.45) is 1.15. The first-order valence-corrected chi connectivity index (χ1v) is 7.57. The Bertz CT molecular complexity index is 696. The molecule has 0 unspecified atom stereocenters. The standard InChI is InChI=1S/C18H20N2O3/c1-20(2)15-7-3-13(4-8-15)5-10-18(21)19-14-6-9-16-17(11-14)23-12-22-16/h3-4,6-9,11H,5,10,12H2,1-2H3,(H,19,21). The first kappa shape index (κ1) is 15.2. The monoisotopic (exact) mass is 312 g/mol. The van der Waals surface area contributed by atoms with Crippen molar-refractivity contribution in [1.29, 1.82) is 0 Å². The summed E-state index contributed by atoms with van der Waals surface area (Å²) in [5.74, 6) is 1.37. The molecule has 0 fully saturated rings. The fraction of sp³-hybridized carbons (Fsp3) is 0.278. The number of nitrogens with zero attached hydrogens (tertiary/aromatic N) is 1. The molecule has 0 atom stereocenters. The third-order valence-corrected chi connectivity index (χ3v) is 3.75. The van der Waals surface area contributed by atoms with Gasteiger partial charge in [0, 0.05) is 38.0 Å². The third kappa shape index (κ3) is 3.74. The Morgan fingerprint density at radius 1 is 1.09 bits per heavy atom. The van der Waals surface area contributed by atoms with Crippen LogP contribution in [-0.2, 0) is 11.2 Å². The van der Waals surface area contributed by atoms with Crippen molar-refractivity contribution in [1.82, 2.24) is 0 Å². The van der Waals surface area contributed by atoms with Crippen molar-refractivity contribution < 1.29 is 14.3 Å². The van der Waals surface area contributed by atoms with Gasteiger partial charge in [0.25, 0.3) is 0 Å². The van der Waals surface area contributed by atoms with Gasteiger partial charge in [-0.15, -0.1) is 0 Å². The number of anilines is 2. The minimum absolute atomic E-state index is 0.0134. The van der Waals surface area contributed by atoms with Gasteiger partial charge in [0.2, 0.25) is 12.7 Å². The Hall–Kier alpha value is -2.69. The molecule has 2 aromatic carbocycles. The number of aryl methyl sites for hydroxylation is 1. The Morgan fingerprint density at radius 2 is 1.83 bits per heavy atom. The van der Waals surface area contributed by atoms with Crippen molar-refractivity contribution in [3.8, 4) is 11.5 Å². The van der Waals surface area contributed by atoms with E-state index in [9.17, 15) is 4.79 Å². The lowest BCUT2D eigenvalue weighted by Gasteiger charge is -2.12. The van der Waals surface area contributed by atoms with E-state index < -0.39 is 0 Å². The number of hydrogen-bond acceptors (Lipinski definition) is 4. The molecule has 0 aliphatic carbocycles. The quantitative estimate of drug-likeness (QED) is 0.922. The predicted molar refractivity (Wildman–Crippen MR) is 90.3 cm³/mol. The van der Waals surface area contributed by atoms with Gasteiger partial charge in [-0.3, -0.25) is 4.79 Å². The van der Waals surface area contributed by atoms with Crippen LogP contribution in [0, 0.1) is 0 Å². The van der Waals surface area contributed by atoms with E-state index in [4.69, 9.17) is 9.47 Å². The maximum atomic E-state index is 12.1. The van der Waals surface area contributed by atoms with Crippen LogP contribution in [0.4, 0.5) is 11.4 Å². The van der Waals surface area contributed by atoms with E-state index in [1.165, 1.54) is 0 Å². The lowest BCUT2D eigenvalue weighted by Crippen LogP contribution is -2.12. The fourth-order valence-corrected chi connectivity index (χ4v) is 2.42. The van der Waals surface area contributed by atoms with Gasteiger partial charge < -0.3 is 19.7 Å². The minimum atomic E-state index is -0.0134. The lowest BCUT2D eigenvalue weighted by atomic mass is 10.1. The molecule has 5 heteroatoms. The summed E-state index contributed by atoms with van der Waals surface area (Å²) in [5, 5.41) is 2.89. The Balaban J connectivity index is 1.53. The normalized spacial score (nSPS) is 12.1. The molecule has 23 heavy (non-hydrogen) atoms. The summed E-state index contributed by atoms with van der Waals surface area (Å²) < 4.78 is 10.6. The van der Waals surface area contributed by atoms with Crippen LogP contribution < -0.4 is 19.7 Å². The highest BCUT2D eigenvalue weighted by molar-refractivity contribution is 5.91. The van der Waals surface area contributed by atoms with Crippen molar-refractivity contribution in [2.75, 3.05) is 31.1 Å². The van der Waals surface area contributed by atoms with Crippen molar-refractivity contribution in [2.45, 2.75) is 12.8 Å². The Labute approximate surface area is 135 Å².